The van der Waals surface area contributed by atoms with Crippen molar-refractivity contribution in [2.24, 2.45) is 4.99 Å². The minimum atomic E-state index is 0.683. The molecule has 0 fully saturated rings. The third kappa shape index (κ3) is 5.69. The second kappa shape index (κ2) is 9.32. The first-order valence-corrected chi connectivity index (χ1v) is 6.70. The molecule has 0 saturated carbocycles. The van der Waals surface area contributed by atoms with E-state index in [1.807, 2.05) is 11.5 Å². The first kappa shape index (κ1) is 15.4. The van der Waals surface area contributed by atoms with Crippen LogP contribution in [0, 0.1) is 0 Å². The van der Waals surface area contributed by atoms with E-state index >= 15 is 0 Å². The smallest absolute Gasteiger partial charge is 0.191 e. The van der Waals surface area contributed by atoms with E-state index < -0.39 is 0 Å². The van der Waals surface area contributed by atoms with Gasteiger partial charge in [0, 0.05) is 39.7 Å². The van der Waals surface area contributed by atoms with E-state index in [0.717, 1.165) is 44.4 Å². The van der Waals surface area contributed by atoms with Gasteiger partial charge in [-0.2, -0.15) is 0 Å². The Hall–Kier alpha value is -1.63. The van der Waals surface area contributed by atoms with Gasteiger partial charge >= 0.3 is 0 Å². The molecular weight excluding hydrogens is 244 g/mol. The van der Waals surface area contributed by atoms with Gasteiger partial charge in [-0.1, -0.05) is 6.92 Å². The molecule has 0 bridgehead atoms. The molecule has 0 aliphatic carbocycles. The first-order valence-electron chi connectivity index (χ1n) is 6.70. The average Bonchev–Trinajstić information content (AvgIpc) is 2.89. The SMILES string of the molecule is CCOCCNC(=NC)NCCn1cnnc1CC. The molecule has 0 aromatic carbocycles. The standard InChI is InChI=1S/C12H24N6O/c1-4-11-17-16-10-18(11)8-6-14-12(13-3)15-7-9-19-5-2/h10H,4-9H2,1-3H3,(H2,13,14,15). The number of aromatic nitrogens is 3. The maximum atomic E-state index is 5.26. The average molecular weight is 268 g/mol. The quantitative estimate of drug-likeness (QED) is 0.395. The summed E-state index contributed by atoms with van der Waals surface area (Å²) in [6.07, 6.45) is 2.65. The summed E-state index contributed by atoms with van der Waals surface area (Å²) in [5.41, 5.74) is 0. The highest BCUT2D eigenvalue weighted by Gasteiger charge is 2.01. The fourth-order valence-corrected chi connectivity index (χ4v) is 1.64. The van der Waals surface area contributed by atoms with Gasteiger partial charge in [0.1, 0.15) is 12.2 Å². The lowest BCUT2D eigenvalue weighted by molar-refractivity contribution is 0.152. The molecule has 1 heterocycles. The molecule has 0 unspecified atom stereocenters. The number of hydrogen-bond acceptors (Lipinski definition) is 4. The highest BCUT2D eigenvalue weighted by atomic mass is 16.5. The lowest BCUT2D eigenvalue weighted by Gasteiger charge is -2.12. The number of aryl methyl sites for hydroxylation is 1. The van der Waals surface area contributed by atoms with E-state index in [1.54, 1.807) is 13.4 Å². The molecule has 0 saturated heterocycles. The van der Waals surface area contributed by atoms with E-state index in [4.69, 9.17) is 4.74 Å². The second-order valence-corrected chi connectivity index (χ2v) is 3.92. The molecular formula is C12H24N6O. The lowest BCUT2D eigenvalue weighted by atomic mass is 10.4. The zero-order chi connectivity index (χ0) is 13.9. The Morgan fingerprint density at radius 1 is 1.37 bits per heavy atom. The molecule has 0 radical (unpaired) electrons. The van der Waals surface area contributed by atoms with Gasteiger partial charge in [0.25, 0.3) is 0 Å². The van der Waals surface area contributed by atoms with E-state index in [1.165, 1.54) is 0 Å². The van der Waals surface area contributed by atoms with E-state index in [2.05, 4.69) is 32.7 Å². The van der Waals surface area contributed by atoms with E-state index in [0.29, 0.717) is 6.61 Å². The highest BCUT2D eigenvalue weighted by molar-refractivity contribution is 5.79. The summed E-state index contributed by atoms with van der Waals surface area (Å²) in [5.74, 6) is 1.78. The highest BCUT2D eigenvalue weighted by Crippen LogP contribution is 1.94. The monoisotopic (exact) mass is 268 g/mol. The minimum Gasteiger partial charge on any atom is -0.380 e. The second-order valence-electron chi connectivity index (χ2n) is 3.92. The number of guanidine groups is 1. The summed E-state index contributed by atoms with van der Waals surface area (Å²) in [6.45, 7) is 7.82. The summed E-state index contributed by atoms with van der Waals surface area (Å²) in [7, 11) is 1.76. The van der Waals surface area contributed by atoms with Gasteiger partial charge in [0.15, 0.2) is 5.96 Å². The molecule has 2 N–H and O–H groups in total. The van der Waals surface area contributed by atoms with Gasteiger partial charge in [0.2, 0.25) is 0 Å². The van der Waals surface area contributed by atoms with Gasteiger partial charge in [-0.05, 0) is 6.92 Å². The molecule has 0 aliphatic rings. The third-order valence-electron chi connectivity index (χ3n) is 2.62. The predicted molar refractivity (Wildman–Crippen MR) is 75.3 cm³/mol. The number of hydrogen-bond donors (Lipinski definition) is 2. The van der Waals surface area contributed by atoms with Gasteiger partial charge < -0.3 is 19.9 Å². The van der Waals surface area contributed by atoms with Crippen LogP contribution in [0.1, 0.15) is 19.7 Å². The van der Waals surface area contributed by atoms with E-state index in [9.17, 15) is 0 Å². The molecule has 0 atom stereocenters. The van der Waals surface area contributed by atoms with Crippen molar-refractivity contribution in [1.82, 2.24) is 25.4 Å². The normalized spacial score (nSPS) is 11.6. The molecule has 0 spiro atoms. The summed E-state index contributed by atoms with van der Waals surface area (Å²) in [4.78, 5) is 4.15. The summed E-state index contributed by atoms with van der Waals surface area (Å²) >= 11 is 0. The molecule has 7 heteroatoms. The van der Waals surface area contributed by atoms with Crippen molar-refractivity contribution in [1.29, 1.82) is 0 Å². The van der Waals surface area contributed by atoms with Crippen molar-refractivity contribution in [3.05, 3.63) is 12.2 Å². The molecule has 1 rings (SSSR count). The molecule has 1 aromatic heterocycles. The Bertz CT molecular complexity index is 376. The van der Waals surface area contributed by atoms with Crippen molar-refractivity contribution < 1.29 is 4.74 Å². The third-order valence-corrected chi connectivity index (χ3v) is 2.62. The van der Waals surface area contributed by atoms with Crippen LogP contribution >= 0.6 is 0 Å². The van der Waals surface area contributed by atoms with Crippen LogP contribution in [0.3, 0.4) is 0 Å². The van der Waals surface area contributed by atoms with Crippen molar-refractivity contribution in [2.75, 3.05) is 33.4 Å². The number of rotatable bonds is 8. The fourth-order valence-electron chi connectivity index (χ4n) is 1.64. The minimum absolute atomic E-state index is 0.683. The summed E-state index contributed by atoms with van der Waals surface area (Å²) < 4.78 is 7.30. The van der Waals surface area contributed by atoms with Crippen LogP contribution in [-0.4, -0.2) is 54.1 Å². The Morgan fingerprint density at radius 3 is 2.84 bits per heavy atom. The maximum Gasteiger partial charge on any atom is 0.191 e. The molecule has 108 valence electrons. The number of aliphatic imine (C=N–C) groups is 1. The first-order chi connectivity index (χ1) is 9.31. The number of ether oxygens (including phenoxy) is 1. The Morgan fingerprint density at radius 2 is 2.16 bits per heavy atom. The van der Waals surface area contributed by atoms with Crippen LogP contribution in [-0.2, 0) is 17.7 Å². The van der Waals surface area contributed by atoms with Gasteiger partial charge in [-0.25, -0.2) is 0 Å². The van der Waals surface area contributed by atoms with Crippen LogP contribution in [0.4, 0.5) is 0 Å². The maximum absolute atomic E-state index is 5.26. The molecule has 1 aromatic rings. The van der Waals surface area contributed by atoms with Crippen LogP contribution in [0.5, 0.6) is 0 Å². The van der Waals surface area contributed by atoms with E-state index in [-0.39, 0.29) is 0 Å². The van der Waals surface area contributed by atoms with Crippen LogP contribution < -0.4 is 10.6 Å². The number of nitrogens with zero attached hydrogens (tertiary/aromatic N) is 4. The molecule has 19 heavy (non-hydrogen) atoms. The topological polar surface area (TPSA) is 76.4 Å². The largest absolute Gasteiger partial charge is 0.380 e. The zero-order valence-electron chi connectivity index (χ0n) is 12.0. The fraction of sp³-hybridized carbons (Fsp3) is 0.750. The van der Waals surface area contributed by atoms with Gasteiger partial charge in [-0.15, -0.1) is 10.2 Å². The molecule has 0 amide bonds. The van der Waals surface area contributed by atoms with Crippen molar-refractivity contribution in [3.8, 4) is 0 Å². The molecule has 0 aliphatic heterocycles. The van der Waals surface area contributed by atoms with Crippen molar-refractivity contribution >= 4 is 5.96 Å². The van der Waals surface area contributed by atoms with Crippen LogP contribution in [0.2, 0.25) is 0 Å². The van der Waals surface area contributed by atoms with Crippen LogP contribution in [0.25, 0.3) is 0 Å². The predicted octanol–water partition coefficient (Wildman–Crippen LogP) is 0.0420. The van der Waals surface area contributed by atoms with Crippen LogP contribution in [0.15, 0.2) is 11.3 Å². The van der Waals surface area contributed by atoms with Gasteiger partial charge in [0.05, 0.1) is 6.61 Å². The number of nitrogens with one attached hydrogen (secondary N) is 2. The van der Waals surface area contributed by atoms with Gasteiger partial charge in [-0.3, -0.25) is 4.99 Å². The zero-order valence-corrected chi connectivity index (χ0v) is 12.0. The van der Waals surface area contributed by atoms with Crippen molar-refractivity contribution in [2.45, 2.75) is 26.8 Å². The Kier molecular flexibility index (Phi) is 7.57. The summed E-state index contributed by atoms with van der Waals surface area (Å²) in [5, 5.41) is 14.4. The Labute approximate surface area is 114 Å². The Balaban J connectivity index is 2.23. The summed E-state index contributed by atoms with van der Waals surface area (Å²) in [6, 6.07) is 0. The molecule has 7 nitrogen and oxygen atoms in total. The van der Waals surface area contributed by atoms with Crippen molar-refractivity contribution in [3.63, 3.8) is 0 Å². The lowest BCUT2D eigenvalue weighted by Crippen LogP contribution is -2.40.